The fourth-order valence-corrected chi connectivity index (χ4v) is 7.58. The maximum atomic E-state index is 12.4. The molecule has 0 fully saturated rings. The van der Waals surface area contributed by atoms with Crippen molar-refractivity contribution in [1.29, 1.82) is 0 Å². The van der Waals surface area contributed by atoms with Gasteiger partial charge in [0.25, 0.3) is 0 Å². The number of benzene rings is 2. The number of hydrogen-bond acceptors (Lipinski definition) is 0. The van der Waals surface area contributed by atoms with Crippen LogP contribution in [0.5, 0.6) is 0 Å². The lowest BCUT2D eigenvalue weighted by Gasteiger charge is -2.19. The molecule has 1 heterocycles. The molecular formula is C45H70N2. The fraction of sp³-hybridized carbons (Fsp3) is 0.644. The van der Waals surface area contributed by atoms with Crippen molar-refractivity contribution < 1.29 is 4.70 Å². The van der Waals surface area contributed by atoms with Gasteiger partial charge in [0.15, 0.2) is 0 Å². The highest BCUT2D eigenvalue weighted by molar-refractivity contribution is 5.83. The van der Waals surface area contributed by atoms with Gasteiger partial charge in [-0.3, -0.25) is 0 Å². The molecule has 2 heteroatoms. The smallest absolute Gasteiger partial charge is 0.211 e. The standard InChI is InChI=1S/C45H70N2/c1-9-14-19-22-25-37-32-40(33-38(26-23-20-15-10-2)41(37)29-24-21-16-11-3)45-43(28-18-13-5)42(27-17-12-4)44(47(45)46)39-30-34(6)36(8)35(7)31-39/h30-33H,9-29H2,1-8H3. The first-order valence-electron chi connectivity index (χ1n) is 20.0. The van der Waals surface area contributed by atoms with E-state index in [0.29, 0.717) is 0 Å². The zero-order valence-electron chi connectivity index (χ0n) is 32.1. The predicted octanol–water partition coefficient (Wildman–Crippen LogP) is 14.5. The van der Waals surface area contributed by atoms with Crippen molar-refractivity contribution in [2.45, 2.75) is 190 Å². The number of rotatable bonds is 23. The molecule has 0 spiro atoms. The van der Waals surface area contributed by atoms with Crippen molar-refractivity contribution in [1.82, 2.24) is 0 Å². The zero-order valence-corrected chi connectivity index (χ0v) is 32.1. The average molecular weight is 639 g/mol. The molecule has 0 radical (unpaired) electrons. The summed E-state index contributed by atoms with van der Waals surface area (Å²) in [4.78, 5) is 0. The van der Waals surface area contributed by atoms with Crippen LogP contribution < -0.4 is 0 Å². The van der Waals surface area contributed by atoms with Crippen LogP contribution >= 0.6 is 0 Å². The van der Waals surface area contributed by atoms with Crippen LogP contribution in [0.25, 0.3) is 16.9 Å². The Balaban J connectivity index is 2.23. The predicted molar refractivity (Wildman–Crippen MR) is 207 cm³/mol. The highest BCUT2D eigenvalue weighted by atomic mass is 15.2. The number of nitrogens with zero attached hydrogens (tertiary/aromatic N) is 2. The average Bonchev–Trinajstić information content (AvgIpc) is 3.34. The summed E-state index contributed by atoms with van der Waals surface area (Å²) in [5.74, 6) is 0. The first kappa shape index (κ1) is 39.0. The SMILES string of the molecule is CCCCCCc1cc(C2=C(CCCC)C(CCCC)=C(c3cc(C)c(C)c(C)c3)[N+]2=[N-])cc(CCCCCC)c1CCCCCC. The fourth-order valence-electron chi connectivity index (χ4n) is 7.58. The largest absolute Gasteiger partial charge is 0.493 e. The highest BCUT2D eigenvalue weighted by Gasteiger charge is 2.36. The summed E-state index contributed by atoms with van der Waals surface area (Å²) >= 11 is 0. The van der Waals surface area contributed by atoms with E-state index in [1.165, 1.54) is 117 Å². The molecule has 0 amide bonds. The Morgan fingerprint density at radius 3 is 1.23 bits per heavy atom. The molecule has 0 saturated heterocycles. The number of allylic oxidation sites excluding steroid dienone is 2. The van der Waals surface area contributed by atoms with Gasteiger partial charge in [-0.2, -0.15) is 0 Å². The molecule has 0 N–H and O–H groups in total. The molecule has 1 aliphatic heterocycles. The molecule has 2 nitrogen and oxygen atoms in total. The number of hydrogen-bond donors (Lipinski definition) is 0. The Hall–Kier alpha value is -2.48. The Kier molecular flexibility index (Phi) is 17.2. The van der Waals surface area contributed by atoms with Gasteiger partial charge in [0.1, 0.15) is 0 Å². The lowest BCUT2D eigenvalue weighted by molar-refractivity contribution is -0.345. The van der Waals surface area contributed by atoms with E-state index in [1.807, 2.05) is 0 Å². The molecule has 0 saturated carbocycles. The molecule has 1 aliphatic rings. The van der Waals surface area contributed by atoms with Crippen molar-refractivity contribution in [3.63, 3.8) is 0 Å². The minimum Gasteiger partial charge on any atom is -0.493 e. The summed E-state index contributed by atoms with van der Waals surface area (Å²) in [5, 5.41) is 0. The van der Waals surface area contributed by atoms with E-state index >= 15 is 0 Å². The van der Waals surface area contributed by atoms with Gasteiger partial charge in [0, 0.05) is 22.3 Å². The lowest BCUT2D eigenvalue weighted by Crippen LogP contribution is -2.08. The van der Waals surface area contributed by atoms with Crippen molar-refractivity contribution in [3.05, 3.63) is 85.5 Å². The topological polar surface area (TPSA) is 25.3 Å². The Morgan fingerprint density at radius 2 is 0.830 bits per heavy atom. The summed E-state index contributed by atoms with van der Waals surface area (Å²) in [6.45, 7) is 18.2. The van der Waals surface area contributed by atoms with Crippen LogP contribution in [0.1, 0.15) is 195 Å². The molecule has 3 rings (SSSR count). The van der Waals surface area contributed by atoms with Gasteiger partial charge in [-0.25, -0.2) is 4.70 Å². The van der Waals surface area contributed by atoms with Gasteiger partial charge in [0.2, 0.25) is 11.4 Å². The van der Waals surface area contributed by atoms with Gasteiger partial charge in [-0.05, 0) is 143 Å². The second-order valence-corrected chi connectivity index (χ2v) is 14.6. The van der Waals surface area contributed by atoms with Crippen LogP contribution in [0.15, 0.2) is 35.4 Å². The van der Waals surface area contributed by atoms with Gasteiger partial charge < -0.3 is 5.53 Å². The third-order valence-corrected chi connectivity index (χ3v) is 10.7. The zero-order chi connectivity index (χ0) is 34.2. The minimum absolute atomic E-state index is 1.01. The normalized spacial score (nSPS) is 13.5. The quantitative estimate of drug-likeness (QED) is 0.0855. The maximum Gasteiger partial charge on any atom is 0.211 e. The Labute approximate surface area is 291 Å². The van der Waals surface area contributed by atoms with E-state index in [9.17, 15) is 5.53 Å². The molecule has 47 heavy (non-hydrogen) atoms. The summed E-state index contributed by atoms with van der Waals surface area (Å²) < 4.78 is 1.64. The minimum atomic E-state index is 1.01. The summed E-state index contributed by atoms with van der Waals surface area (Å²) in [6, 6.07) is 9.66. The van der Waals surface area contributed by atoms with Gasteiger partial charge >= 0.3 is 0 Å². The van der Waals surface area contributed by atoms with Crippen molar-refractivity contribution in [2.75, 3.05) is 0 Å². The molecule has 0 bridgehead atoms. The molecule has 0 aliphatic carbocycles. The molecule has 2 aromatic carbocycles. The van der Waals surface area contributed by atoms with Crippen LogP contribution in [0.3, 0.4) is 0 Å². The third-order valence-electron chi connectivity index (χ3n) is 10.7. The molecule has 0 unspecified atom stereocenters. The first-order valence-corrected chi connectivity index (χ1v) is 20.0. The molecule has 260 valence electrons. The van der Waals surface area contributed by atoms with E-state index in [1.54, 1.807) is 21.4 Å². The van der Waals surface area contributed by atoms with Crippen molar-refractivity contribution in [3.8, 4) is 0 Å². The number of aryl methyl sites for hydroxylation is 4. The molecule has 0 aromatic heterocycles. The van der Waals surface area contributed by atoms with Crippen LogP contribution in [0.4, 0.5) is 0 Å². The van der Waals surface area contributed by atoms with E-state index < -0.39 is 0 Å². The third kappa shape index (κ3) is 10.8. The van der Waals surface area contributed by atoms with Gasteiger partial charge in [-0.15, -0.1) is 0 Å². The summed E-state index contributed by atoms with van der Waals surface area (Å²) in [6.07, 6.45) is 25.6. The van der Waals surface area contributed by atoms with Crippen molar-refractivity contribution in [2.24, 2.45) is 0 Å². The monoisotopic (exact) mass is 639 g/mol. The number of unbranched alkanes of at least 4 members (excludes halogenated alkanes) is 11. The van der Waals surface area contributed by atoms with Crippen LogP contribution in [0, 0.1) is 20.8 Å². The highest BCUT2D eigenvalue weighted by Crippen LogP contribution is 2.45. The van der Waals surface area contributed by atoms with E-state index in [4.69, 9.17) is 0 Å². The van der Waals surface area contributed by atoms with Gasteiger partial charge in [0.05, 0.1) is 0 Å². The Bertz CT molecular complexity index is 1300. The Morgan fingerprint density at radius 1 is 0.447 bits per heavy atom. The lowest BCUT2D eigenvalue weighted by atomic mass is 9.86. The second kappa shape index (κ2) is 20.8. The molecule has 0 atom stereocenters. The maximum absolute atomic E-state index is 12.4. The van der Waals surface area contributed by atoms with Crippen LogP contribution in [-0.4, -0.2) is 4.70 Å². The van der Waals surface area contributed by atoms with Gasteiger partial charge in [-0.1, -0.05) is 105 Å². The first-order chi connectivity index (χ1) is 22.8. The summed E-state index contributed by atoms with van der Waals surface area (Å²) in [7, 11) is 0. The molecular weight excluding hydrogens is 569 g/mol. The van der Waals surface area contributed by atoms with Crippen LogP contribution in [-0.2, 0) is 19.3 Å². The summed E-state index contributed by atoms with van der Waals surface area (Å²) in [5.41, 5.74) is 28.4. The molecule has 2 aromatic rings. The van der Waals surface area contributed by atoms with E-state index in [-0.39, 0.29) is 0 Å². The van der Waals surface area contributed by atoms with E-state index in [2.05, 4.69) is 79.7 Å². The van der Waals surface area contributed by atoms with Crippen molar-refractivity contribution >= 4 is 11.4 Å². The van der Waals surface area contributed by atoms with E-state index in [0.717, 1.165) is 68.3 Å². The second-order valence-electron chi connectivity index (χ2n) is 14.6. The van der Waals surface area contributed by atoms with Crippen LogP contribution in [0.2, 0.25) is 0 Å².